The van der Waals surface area contributed by atoms with Gasteiger partial charge in [-0.3, -0.25) is 4.90 Å². The number of fused-ring (bicyclic) bond motifs is 1. The molecule has 2 heterocycles. The summed E-state index contributed by atoms with van der Waals surface area (Å²) < 4.78 is 2.93. The van der Waals surface area contributed by atoms with Gasteiger partial charge in [-0.15, -0.1) is 0 Å². The fraction of sp³-hybridized carbons (Fsp3) is 0.500. The first kappa shape index (κ1) is 14.1. The Balaban J connectivity index is 1.95. The van der Waals surface area contributed by atoms with E-state index < -0.39 is 0 Å². The fourth-order valence-corrected chi connectivity index (χ4v) is 3.27. The number of aromatic amines is 1. The number of aromatic nitrogens is 2. The summed E-state index contributed by atoms with van der Waals surface area (Å²) in [4.78, 5) is 8.04. The molecule has 0 spiro atoms. The topological polar surface area (TPSA) is 27.2 Å². The molecule has 108 valence electrons. The lowest BCUT2D eigenvalue weighted by molar-refractivity contribution is 0.103. The molecule has 1 saturated heterocycles. The number of H-pyrrole nitrogens is 1. The Morgan fingerprint density at radius 2 is 2.15 bits per heavy atom. The van der Waals surface area contributed by atoms with Crippen molar-refractivity contribution in [3.63, 3.8) is 0 Å². The monoisotopic (exact) mass is 310 g/mol. The number of piperazine rings is 1. The van der Waals surface area contributed by atoms with E-state index in [0.29, 0.717) is 6.04 Å². The van der Waals surface area contributed by atoms with Crippen LogP contribution in [-0.2, 0) is 6.54 Å². The first-order valence-electron chi connectivity index (χ1n) is 6.81. The molecule has 4 nitrogen and oxygen atoms in total. The third kappa shape index (κ3) is 2.63. The molecule has 1 aliphatic heterocycles. The van der Waals surface area contributed by atoms with E-state index in [4.69, 9.17) is 23.8 Å². The molecule has 0 saturated carbocycles. The van der Waals surface area contributed by atoms with E-state index in [-0.39, 0.29) is 0 Å². The minimum absolute atomic E-state index is 0.471. The van der Waals surface area contributed by atoms with Gasteiger partial charge in [0.05, 0.1) is 11.0 Å². The van der Waals surface area contributed by atoms with Crippen molar-refractivity contribution in [2.45, 2.75) is 12.6 Å². The molecule has 1 unspecified atom stereocenters. The highest BCUT2D eigenvalue weighted by Crippen LogP contribution is 2.20. The summed E-state index contributed by atoms with van der Waals surface area (Å²) >= 11 is 11.6. The van der Waals surface area contributed by atoms with Gasteiger partial charge < -0.3 is 14.5 Å². The van der Waals surface area contributed by atoms with E-state index in [9.17, 15) is 0 Å². The van der Waals surface area contributed by atoms with Gasteiger partial charge >= 0.3 is 0 Å². The van der Waals surface area contributed by atoms with Crippen molar-refractivity contribution in [2.24, 2.45) is 0 Å². The smallest absolute Gasteiger partial charge is 0.178 e. The Morgan fingerprint density at radius 1 is 1.35 bits per heavy atom. The molecule has 2 aromatic rings. The number of likely N-dealkylation sites (N-methyl/N-ethyl adjacent to an activating group) is 2. The maximum Gasteiger partial charge on any atom is 0.178 e. The van der Waals surface area contributed by atoms with Crippen LogP contribution in [0.3, 0.4) is 0 Å². The summed E-state index contributed by atoms with van der Waals surface area (Å²) in [6, 6.07) is 6.33. The van der Waals surface area contributed by atoms with Gasteiger partial charge in [-0.25, -0.2) is 0 Å². The van der Waals surface area contributed by atoms with E-state index in [0.717, 1.165) is 47.0 Å². The molecule has 0 bridgehead atoms. The third-order valence-corrected chi connectivity index (χ3v) is 4.67. The highest BCUT2D eigenvalue weighted by Gasteiger charge is 2.23. The second-order valence-electron chi connectivity index (χ2n) is 5.60. The maximum atomic E-state index is 6.11. The lowest BCUT2D eigenvalue weighted by atomic mass is 10.2. The molecule has 6 heteroatoms. The van der Waals surface area contributed by atoms with Crippen LogP contribution in [-0.4, -0.2) is 59.1 Å². The average molecular weight is 311 g/mol. The van der Waals surface area contributed by atoms with Gasteiger partial charge in [0, 0.05) is 37.2 Å². The first-order valence-corrected chi connectivity index (χ1v) is 7.60. The van der Waals surface area contributed by atoms with Gasteiger partial charge in [-0.2, -0.15) is 0 Å². The Kier molecular flexibility index (Phi) is 3.86. The van der Waals surface area contributed by atoms with E-state index >= 15 is 0 Å². The second-order valence-corrected chi connectivity index (χ2v) is 6.42. The molecule has 1 fully saturated rings. The normalized spacial score (nSPS) is 21.6. The highest BCUT2D eigenvalue weighted by molar-refractivity contribution is 7.71. The fourth-order valence-electron chi connectivity index (χ4n) is 2.82. The van der Waals surface area contributed by atoms with Crippen molar-refractivity contribution >= 4 is 34.9 Å². The summed E-state index contributed by atoms with van der Waals surface area (Å²) in [7, 11) is 4.36. The standard InChI is InChI=1S/C14H19ClN4S/c1-17-5-6-18(2)11(8-17)9-19-13-7-10(15)3-4-12(13)16-14(19)20/h3-4,7,11H,5-6,8-9H2,1-2H3,(H,16,20). The Labute approximate surface area is 128 Å². The van der Waals surface area contributed by atoms with Crippen LogP contribution in [0.2, 0.25) is 5.02 Å². The summed E-state index contributed by atoms with van der Waals surface area (Å²) in [6.45, 7) is 4.17. The van der Waals surface area contributed by atoms with E-state index in [1.165, 1.54) is 0 Å². The number of nitrogens with zero attached hydrogens (tertiary/aromatic N) is 3. The van der Waals surface area contributed by atoms with E-state index in [2.05, 4.69) is 33.4 Å². The number of rotatable bonds is 2. The minimum Gasteiger partial charge on any atom is -0.331 e. The number of imidazole rings is 1. The van der Waals surface area contributed by atoms with Crippen LogP contribution in [0.25, 0.3) is 11.0 Å². The molecule has 1 N–H and O–H groups in total. The number of halogens is 1. The molecule has 1 aromatic heterocycles. The van der Waals surface area contributed by atoms with E-state index in [1.54, 1.807) is 0 Å². The summed E-state index contributed by atoms with van der Waals surface area (Å²) in [5.74, 6) is 0. The zero-order valence-electron chi connectivity index (χ0n) is 11.8. The summed E-state index contributed by atoms with van der Waals surface area (Å²) in [5, 5.41) is 0.745. The molecular formula is C14H19ClN4S. The number of hydrogen-bond donors (Lipinski definition) is 1. The number of nitrogens with one attached hydrogen (secondary N) is 1. The third-order valence-electron chi connectivity index (χ3n) is 4.11. The molecule has 0 aliphatic carbocycles. The van der Waals surface area contributed by atoms with Crippen molar-refractivity contribution < 1.29 is 0 Å². The quantitative estimate of drug-likeness (QED) is 0.864. The average Bonchev–Trinajstić information content (AvgIpc) is 2.70. The number of hydrogen-bond acceptors (Lipinski definition) is 3. The summed E-state index contributed by atoms with van der Waals surface area (Å²) in [6.07, 6.45) is 0. The molecular weight excluding hydrogens is 292 g/mol. The van der Waals surface area contributed by atoms with Gasteiger partial charge in [-0.05, 0) is 44.5 Å². The Bertz CT molecular complexity index is 677. The van der Waals surface area contributed by atoms with Crippen molar-refractivity contribution in [1.82, 2.24) is 19.4 Å². The largest absolute Gasteiger partial charge is 0.331 e. The molecule has 1 atom stereocenters. The maximum absolute atomic E-state index is 6.11. The van der Waals surface area contributed by atoms with Gasteiger partial charge in [0.25, 0.3) is 0 Å². The van der Waals surface area contributed by atoms with Crippen LogP contribution >= 0.6 is 23.8 Å². The minimum atomic E-state index is 0.471. The highest BCUT2D eigenvalue weighted by atomic mass is 35.5. The zero-order chi connectivity index (χ0) is 14.3. The predicted molar refractivity (Wildman–Crippen MR) is 86.0 cm³/mol. The van der Waals surface area contributed by atoms with Crippen molar-refractivity contribution in [2.75, 3.05) is 33.7 Å². The lowest BCUT2D eigenvalue weighted by Crippen LogP contribution is -2.51. The molecule has 1 aliphatic rings. The Hall–Kier alpha value is -0.880. The van der Waals surface area contributed by atoms with Gasteiger partial charge in [0.1, 0.15) is 0 Å². The first-order chi connectivity index (χ1) is 9.54. The van der Waals surface area contributed by atoms with Crippen molar-refractivity contribution in [3.05, 3.63) is 28.0 Å². The summed E-state index contributed by atoms with van der Waals surface area (Å²) in [5.41, 5.74) is 2.13. The SMILES string of the molecule is CN1CCN(C)C(Cn2c(=S)[nH]c3ccc(Cl)cc32)C1. The molecule has 20 heavy (non-hydrogen) atoms. The number of benzene rings is 1. The predicted octanol–water partition coefficient (Wildman–Crippen LogP) is 2.60. The van der Waals surface area contributed by atoms with Gasteiger partial charge in [0.2, 0.25) is 0 Å². The van der Waals surface area contributed by atoms with E-state index in [1.807, 2.05) is 18.2 Å². The van der Waals surface area contributed by atoms with Crippen LogP contribution in [0.4, 0.5) is 0 Å². The van der Waals surface area contributed by atoms with Crippen molar-refractivity contribution in [1.29, 1.82) is 0 Å². The van der Waals surface area contributed by atoms with Gasteiger partial charge in [-0.1, -0.05) is 11.6 Å². The van der Waals surface area contributed by atoms with Crippen LogP contribution < -0.4 is 0 Å². The lowest BCUT2D eigenvalue weighted by Gasteiger charge is -2.37. The van der Waals surface area contributed by atoms with Crippen LogP contribution in [0.1, 0.15) is 0 Å². The molecule has 1 aromatic carbocycles. The van der Waals surface area contributed by atoms with Crippen molar-refractivity contribution in [3.8, 4) is 0 Å². The van der Waals surface area contributed by atoms with Crippen LogP contribution in [0, 0.1) is 4.77 Å². The molecule has 3 rings (SSSR count). The molecule has 0 radical (unpaired) electrons. The van der Waals surface area contributed by atoms with Crippen LogP contribution in [0.5, 0.6) is 0 Å². The zero-order valence-corrected chi connectivity index (χ0v) is 13.3. The molecule has 0 amide bonds. The second kappa shape index (κ2) is 5.48. The Morgan fingerprint density at radius 3 is 2.95 bits per heavy atom. The van der Waals surface area contributed by atoms with Crippen LogP contribution in [0.15, 0.2) is 18.2 Å². The van der Waals surface area contributed by atoms with Gasteiger partial charge in [0.15, 0.2) is 4.77 Å².